The molecule has 1 amide bonds. The minimum atomic E-state index is -1.64. The van der Waals surface area contributed by atoms with E-state index in [1.54, 1.807) is 70.1 Å². The molecule has 0 saturated carbocycles. The molecule has 1 aliphatic heterocycles. The average molecular weight is 981 g/mol. The van der Waals surface area contributed by atoms with Gasteiger partial charge >= 0.3 is 5.97 Å². The van der Waals surface area contributed by atoms with Crippen LogP contribution in [0.3, 0.4) is 0 Å². The number of hydrogen-bond donors (Lipinski definition) is 2. The van der Waals surface area contributed by atoms with Crippen LogP contribution in [0.4, 0.5) is 5.95 Å². The van der Waals surface area contributed by atoms with Gasteiger partial charge in [-0.3, -0.25) is 24.5 Å². The van der Waals surface area contributed by atoms with Crippen LogP contribution in [0.5, 0.6) is 11.5 Å². The largest absolute Gasteiger partial charge is 0.497 e. The molecule has 4 aromatic carbocycles. The topological polar surface area (TPSA) is 196 Å². The fraction of sp³-hybridized carbons (Fsp3) is 0.392. The van der Waals surface area contributed by atoms with Crippen molar-refractivity contribution in [2.24, 2.45) is 5.92 Å². The van der Waals surface area contributed by atoms with Crippen molar-refractivity contribution in [3.05, 3.63) is 148 Å². The Bertz CT molecular complexity index is 2630. The monoisotopic (exact) mass is 980 g/mol. The van der Waals surface area contributed by atoms with Gasteiger partial charge in [-0.05, 0) is 80.8 Å². The van der Waals surface area contributed by atoms with Crippen molar-refractivity contribution >= 4 is 37.5 Å². The summed E-state index contributed by atoms with van der Waals surface area (Å²) in [6.45, 7) is 10.8. The maximum atomic E-state index is 13.6. The molecule has 3 heterocycles. The third kappa shape index (κ3) is 11.6. The summed E-state index contributed by atoms with van der Waals surface area (Å²) in [6, 6.07) is 33.6. The van der Waals surface area contributed by atoms with Crippen molar-refractivity contribution in [3.63, 3.8) is 0 Å². The molecule has 0 radical (unpaired) electrons. The SMILES string of the molecule is COc1ccc(C(O[C@H]2[C@@H](OCOCOC(=O)c3ccccc3)[C@H](n3cnc4c(=O)[nH]c(NC(=O)C(C)C)nc43)O[C@@H]2COP(OC)N(C(C)C)C(C)C)(c2ccccc2)c2ccc(OC)cc2)cc1. The number of imidazole rings is 1. The summed E-state index contributed by atoms with van der Waals surface area (Å²) in [5, 5.41) is 2.69. The lowest BCUT2D eigenvalue weighted by Gasteiger charge is -2.40. The van der Waals surface area contributed by atoms with Crippen LogP contribution in [0, 0.1) is 5.92 Å². The van der Waals surface area contributed by atoms with Crippen molar-refractivity contribution < 1.29 is 51.8 Å². The van der Waals surface area contributed by atoms with Gasteiger partial charge in [0.1, 0.15) is 35.4 Å². The first-order valence-electron chi connectivity index (χ1n) is 22.9. The Hall–Kier alpha value is -6.08. The van der Waals surface area contributed by atoms with Gasteiger partial charge in [-0.15, -0.1) is 0 Å². The molecule has 70 heavy (non-hydrogen) atoms. The Morgan fingerprint density at radius 3 is 1.94 bits per heavy atom. The van der Waals surface area contributed by atoms with Gasteiger partial charge in [0.25, 0.3) is 14.1 Å². The molecule has 2 N–H and O–H groups in total. The number of anilines is 1. The molecule has 372 valence electrons. The van der Waals surface area contributed by atoms with Crippen LogP contribution in [-0.4, -0.2) is 108 Å². The number of ether oxygens (including phenoxy) is 7. The number of esters is 1. The number of fused-ring (bicyclic) bond motifs is 1. The number of aromatic nitrogens is 4. The number of nitrogens with one attached hydrogen (secondary N) is 2. The molecule has 18 nitrogen and oxygen atoms in total. The van der Waals surface area contributed by atoms with Gasteiger partial charge in [0.2, 0.25) is 11.9 Å². The van der Waals surface area contributed by atoms with Crippen molar-refractivity contribution in [2.45, 2.75) is 83.8 Å². The maximum Gasteiger partial charge on any atom is 0.340 e. The maximum absolute atomic E-state index is 13.6. The van der Waals surface area contributed by atoms with E-state index >= 15 is 0 Å². The van der Waals surface area contributed by atoms with Crippen LogP contribution >= 0.6 is 8.53 Å². The van der Waals surface area contributed by atoms with E-state index < -0.39 is 69.7 Å². The van der Waals surface area contributed by atoms with Crippen LogP contribution in [0.1, 0.15) is 74.8 Å². The third-order valence-electron chi connectivity index (χ3n) is 11.6. The minimum Gasteiger partial charge on any atom is -0.497 e. The van der Waals surface area contributed by atoms with Crippen LogP contribution < -0.4 is 20.3 Å². The van der Waals surface area contributed by atoms with Gasteiger partial charge in [-0.2, -0.15) is 4.98 Å². The predicted octanol–water partition coefficient (Wildman–Crippen LogP) is 8.19. The van der Waals surface area contributed by atoms with Crippen LogP contribution in [0.15, 0.2) is 120 Å². The predicted molar refractivity (Wildman–Crippen MR) is 262 cm³/mol. The molecule has 0 aliphatic carbocycles. The first-order chi connectivity index (χ1) is 33.8. The minimum absolute atomic E-state index is 0.0198. The highest BCUT2D eigenvalue weighted by Crippen LogP contribution is 2.49. The van der Waals surface area contributed by atoms with E-state index in [1.807, 2.05) is 78.9 Å². The second-order valence-corrected chi connectivity index (χ2v) is 18.7. The molecule has 19 heteroatoms. The number of H-pyrrole nitrogens is 1. The number of nitrogens with zero attached hydrogens (tertiary/aromatic N) is 4. The van der Waals surface area contributed by atoms with Crippen molar-refractivity contribution in [2.75, 3.05) is 46.8 Å². The second kappa shape index (κ2) is 23.7. The van der Waals surface area contributed by atoms with Gasteiger partial charge in [0.15, 0.2) is 31.0 Å². The highest BCUT2D eigenvalue weighted by atomic mass is 31.2. The summed E-state index contributed by atoms with van der Waals surface area (Å²) in [7, 11) is 3.17. The Labute approximate surface area is 408 Å². The molecule has 1 fully saturated rings. The van der Waals surface area contributed by atoms with Gasteiger partial charge in [-0.25, -0.2) is 14.4 Å². The van der Waals surface area contributed by atoms with E-state index in [2.05, 4.69) is 52.6 Å². The molecule has 1 saturated heterocycles. The Balaban J connectivity index is 1.39. The number of rotatable bonds is 23. The lowest BCUT2D eigenvalue weighted by Crippen LogP contribution is -2.46. The Morgan fingerprint density at radius 2 is 1.39 bits per heavy atom. The summed E-state index contributed by atoms with van der Waals surface area (Å²) in [6.07, 6.45) is -2.81. The lowest BCUT2D eigenvalue weighted by atomic mass is 9.79. The number of methoxy groups -OCH3 is 2. The number of carbonyl (C=O) groups excluding carboxylic acids is 2. The Morgan fingerprint density at radius 1 is 0.800 bits per heavy atom. The molecular weight excluding hydrogens is 920 g/mol. The van der Waals surface area contributed by atoms with Crippen molar-refractivity contribution in [1.82, 2.24) is 24.2 Å². The zero-order chi connectivity index (χ0) is 50.0. The molecular formula is C51H61N6O12P. The van der Waals surface area contributed by atoms with E-state index in [1.165, 1.54) is 6.33 Å². The zero-order valence-corrected chi connectivity index (χ0v) is 41.7. The quantitative estimate of drug-likeness (QED) is 0.0205. The smallest absolute Gasteiger partial charge is 0.340 e. The summed E-state index contributed by atoms with van der Waals surface area (Å²) < 4.78 is 60.6. The van der Waals surface area contributed by atoms with Crippen LogP contribution in [0.2, 0.25) is 0 Å². The Kier molecular flexibility index (Phi) is 17.5. The number of carbonyl (C=O) groups is 2. The van der Waals surface area contributed by atoms with Crippen molar-refractivity contribution in [1.29, 1.82) is 0 Å². The highest BCUT2D eigenvalue weighted by Gasteiger charge is 2.53. The number of benzene rings is 4. The molecule has 5 atom stereocenters. The van der Waals surface area contributed by atoms with Crippen LogP contribution in [0.25, 0.3) is 11.2 Å². The lowest BCUT2D eigenvalue weighted by molar-refractivity contribution is -0.181. The van der Waals surface area contributed by atoms with E-state index in [0.29, 0.717) is 17.1 Å². The number of amides is 1. The fourth-order valence-electron chi connectivity index (χ4n) is 8.29. The zero-order valence-electron chi connectivity index (χ0n) is 40.8. The second-order valence-electron chi connectivity index (χ2n) is 17.2. The average Bonchev–Trinajstić information content (AvgIpc) is 3.95. The van der Waals surface area contributed by atoms with Gasteiger partial charge < -0.3 is 42.2 Å². The molecule has 6 aromatic rings. The first-order valence-corrected chi connectivity index (χ1v) is 24.0. The fourth-order valence-corrected chi connectivity index (χ4v) is 9.74. The number of hydrogen-bond acceptors (Lipinski definition) is 15. The van der Waals surface area contributed by atoms with Gasteiger partial charge in [0, 0.05) is 25.1 Å². The summed E-state index contributed by atoms with van der Waals surface area (Å²) >= 11 is 0. The molecule has 0 spiro atoms. The van der Waals surface area contributed by atoms with E-state index in [0.717, 1.165) is 16.7 Å². The summed E-state index contributed by atoms with van der Waals surface area (Å²) in [4.78, 5) is 51.1. The molecule has 2 aromatic heterocycles. The number of aromatic amines is 1. The standard InChI is InChI=1S/C51H61N6O12P/c1-32(2)46(58)54-50-53-45-42(47(59)55-50)52-29-56(45)48-44(65-30-64-31-66-49(60)35-16-12-10-13-17-35)43(41(68-48)28-67-70(63-9)57(33(3)4)34(5)6)69-51(36-18-14-11-15-19-36,37-20-24-39(61-7)25-21-37)38-22-26-40(62-8)27-23-38/h10-27,29,32-34,41,43-44,48H,28,30-31H2,1-9H3,(H2,53,54,55,58,59)/t41-,43-,44-,48-,70?/m1/s1. The van der Waals surface area contributed by atoms with E-state index in [9.17, 15) is 14.4 Å². The van der Waals surface area contributed by atoms with E-state index in [4.69, 9.17) is 42.2 Å². The van der Waals surface area contributed by atoms with Gasteiger partial charge in [-0.1, -0.05) is 86.6 Å². The van der Waals surface area contributed by atoms with E-state index in [-0.39, 0.29) is 41.7 Å². The normalized spacial score (nSPS) is 17.7. The highest BCUT2D eigenvalue weighted by molar-refractivity contribution is 7.44. The molecule has 1 aliphatic rings. The third-order valence-corrected chi connectivity index (χ3v) is 13.6. The molecule has 7 rings (SSSR count). The van der Waals surface area contributed by atoms with Crippen LogP contribution in [-0.2, 0) is 43.1 Å². The van der Waals surface area contributed by atoms with Gasteiger partial charge in [0.05, 0.1) is 32.7 Å². The summed E-state index contributed by atoms with van der Waals surface area (Å²) in [5.41, 5.74) is 0.642. The molecule has 0 bridgehead atoms. The van der Waals surface area contributed by atoms with Crippen molar-refractivity contribution in [3.8, 4) is 11.5 Å². The first kappa shape index (κ1) is 51.8. The summed E-state index contributed by atoms with van der Waals surface area (Å²) in [5.74, 6) is -0.167. The molecule has 1 unspecified atom stereocenters.